The highest BCUT2D eigenvalue weighted by Gasteiger charge is 2.10. The molecule has 3 aromatic rings. The van der Waals surface area contributed by atoms with Gasteiger partial charge >= 0.3 is 0 Å². The summed E-state index contributed by atoms with van der Waals surface area (Å²) in [5, 5.41) is 14.4. The van der Waals surface area contributed by atoms with Crippen molar-refractivity contribution in [1.29, 1.82) is 0 Å². The maximum absolute atomic E-state index is 12.0. The van der Waals surface area contributed by atoms with Crippen LogP contribution >= 0.6 is 11.8 Å². The molecule has 0 bridgehead atoms. The fourth-order valence-electron chi connectivity index (χ4n) is 2.14. The standard InChI is InChI=1S/C16H18N6O2S/c1-10-8-14(22(3)21-10)18-15(23)9-25-16-17-13(19-20-16)7-6-12-5-4-11(2)24-12/h4-8H,9H2,1-3H3,(H,18,23)(H,17,19,20)/b7-6+. The number of carbonyl (C=O) groups is 1. The summed E-state index contributed by atoms with van der Waals surface area (Å²) >= 11 is 1.25. The topological polar surface area (TPSA) is 102 Å². The number of H-pyrrole nitrogens is 1. The van der Waals surface area contributed by atoms with Gasteiger partial charge in [-0.25, -0.2) is 4.98 Å². The Labute approximate surface area is 148 Å². The van der Waals surface area contributed by atoms with Crippen molar-refractivity contribution in [1.82, 2.24) is 25.0 Å². The Bertz CT molecular complexity index is 908. The SMILES string of the molecule is Cc1cc(NC(=O)CSc2n[nH]c(/C=C/c3ccc(C)o3)n2)n(C)n1. The van der Waals surface area contributed by atoms with Gasteiger partial charge in [0, 0.05) is 13.1 Å². The van der Waals surface area contributed by atoms with Gasteiger partial charge in [-0.15, -0.1) is 5.10 Å². The second-order valence-electron chi connectivity index (χ2n) is 5.42. The molecule has 2 N–H and O–H groups in total. The molecule has 0 saturated heterocycles. The Hall–Kier alpha value is -2.81. The van der Waals surface area contributed by atoms with Crippen molar-refractivity contribution in [3.8, 4) is 0 Å². The van der Waals surface area contributed by atoms with Crippen LogP contribution in [0.3, 0.4) is 0 Å². The molecule has 0 aliphatic rings. The monoisotopic (exact) mass is 358 g/mol. The van der Waals surface area contributed by atoms with Crippen molar-refractivity contribution in [3.63, 3.8) is 0 Å². The first-order chi connectivity index (χ1) is 12.0. The molecule has 0 atom stereocenters. The number of anilines is 1. The van der Waals surface area contributed by atoms with Gasteiger partial charge in [0.05, 0.1) is 11.4 Å². The molecule has 130 valence electrons. The van der Waals surface area contributed by atoms with Gasteiger partial charge in [-0.3, -0.25) is 14.6 Å². The quantitative estimate of drug-likeness (QED) is 0.657. The van der Waals surface area contributed by atoms with Crippen LogP contribution in [0.2, 0.25) is 0 Å². The van der Waals surface area contributed by atoms with Gasteiger partial charge in [-0.05, 0) is 38.1 Å². The maximum Gasteiger partial charge on any atom is 0.235 e. The van der Waals surface area contributed by atoms with E-state index in [4.69, 9.17) is 4.42 Å². The average molecular weight is 358 g/mol. The molecule has 0 radical (unpaired) electrons. The van der Waals surface area contributed by atoms with E-state index in [0.29, 0.717) is 16.8 Å². The zero-order valence-electron chi connectivity index (χ0n) is 14.1. The minimum atomic E-state index is -0.138. The fourth-order valence-corrected chi connectivity index (χ4v) is 2.74. The summed E-state index contributed by atoms with van der Waals surface area (Å²) in [5.74, 6) is 2.93. The summed E-state index contributed by atoms with van der Waals surface area (Å²) in [6.07, 6.45) is 3.58. The Balaban J connectivity index is 1.52. The zero-order chi connectivity index (χ0) is 17.8. The summed E-state index contributed by atoms with van der Waals surface area (Å²) in [6, 6.07) is 5.58. The molecular weight excluding hydrogens is 340 g/mol. The minimum absolute atomic E-state index is 0.138. The van der Waals surface area contributed by atoms with Crippen molar-refractivity contribution in [3.05, 3.63) is 41.2 Å². The van der Waals surface area contributed by atoms with Crippen molar-refractivity contribution < 1.29 is 9.21 Å². The number of aromatic nitrogens is 5. The van der Waals surface area contributed by atoms with Crippen molar-refractivity contribution in [2.24, 2.45) is 7.05 Å². The van der Waals surface area contributed by atoms with Crippen LogP contribution in [-0.2, 0) is 11.8 Å². The number of furan rings is 1. The Morgan fingerprint density at radius 3 is 2.92 bits per heavy atom. The summed E-state index contributed by atoms with van der Waals surface area (Å²) in [4.78, 5) is 16.3. The molecule has 3 heterocycles. The van der Waals surface area contributed by atoms with Gasteiger partial charge in [-0.2, -0.15) is 5.10 Å². The maximum atomic E-state index is 12.0. The van der Waals surface area contributed by atoms with E-state index in [1.807, 2.05) is 32.0 Å². The molecule has 0 saturated carbocycles. The number of nitrogens with one attached hydrogen (secondary N) is 2. The number of nitrogens with zero attached hydrogens (tertiary/aromatic N) is 4. The number of hydrogen-bond donors (Lipinski definition) is 2. The summed E-state index contributed by atoms with van der Waals surface area (Å²) in [7, 11) is 1.78. The van der Waals surface area contributed by atoms with E-state index in [1.165, 1.54) is 11.8 Å². The normalized spacial score (nSPS) is 11.3. The zero-order valence-corrected chi connectivity index (χ0v) is 14.9. The average Bonchev–Trinajstić information content (AvgIpc) is 3.25. The van der Waals surface area contributed by atoms with Gasteiger partial charge < -0.3 is 9.73 Å². The number of thioether (sulfide) groups is 1. The predicted octanol–water partition coefficient (Wildman–Crippen LogP) is 2.65. The minimum Gasteiger partial charge on any atom is -0.462 e. The van der Waals surface area contributed by atoms with Crippen molar-refractivity contribution in [2.75, 3.05) is 11.1 Å². The molecular formula is C16H18N6O2S. The molecule has 25 heavy (non-hydrogen) atoms. The Morgan fingerprint density at radius 1 is 1.40 bits per heavy atom. The van der Waals surface area contributed by atoms with Crippen LogP contribution in [-0.4, -0.2) is 36.6 Å². The second kappa shape index (κ2) is 7.39. The number of rotatable bonds is 6. The van der Waals surface area contributed by atoms with Crippen LogP contribution in [0.15, 0.2) is 27.8 Å². The van der Waals surface area contributed by atoms with Crippen molar-refractivity contribution in [2.45, 2.75) is 19.0 Å². The van der Waals surface area contributed by atoms with Crippen LogP contribution < -0.4 is 5.32 Å². The van der Waals surface area contributed by atoms with Gasteiger partial charge in [0.15, 0.2) is 0 Å². The first-order valence-corrected chi connectivity index (χ1v) is 8.58. The highest BCUT2D eigenvalue weighted by molar-refractivity contribution is 7.99. The third kappa shape index (κ3) is 4.60. The molecule has 0 fully saturated rings. The molecule has 3 aromatic heterocycles. The lowest BCUT2D eigenvalue weighted by Gasteiger charge is -2.03. The number of carbonyl (C=O) groups excluding carboxylic acids is 1. The van der Waals surface area contributed by atoms with Gasteiger partial charge in [-0.1, -0.05) is 11.8 Å². The molecule has 0 spiro atoms. The fraction of sp³-hybridized carbons (Fsp3) is 0.250. The Kier molecular flexibility index (Phi) is 5.03. The number of aryl methyl sites for hydroxylation is 3. The number of aromatic amines is 1. The van der Waals surface area contributed by atoms with Crippen LogP contribution in [0.25, 0.3) is 12.2 Å². The lowest BCUT2D eigenvalue weighted by atomic mass is 10.4. The molecule has 8 nitrogen and oxygen atoms in total. The summed E-state index contributed by atoms with van der Waals surface area (Å²) in [5.41, 5.74) is 0.850. The Morgan fingerprint density at radius 2 is 2.24 bits per heavy atom. The van der Waals surface area contributed by atoms with Crippen LogP contribution in [0, 0.1) is 13.8 Å². The first-order valence-electron chi connectivity index (χ1n) is 7.60. The van der Waals surface area contributed by atoms with Crippen LogP contribution in [0.1, 0.15) is 23.0 Å². The van der Waals surface area contributed by atoms with Gasteiger partial charge in [0.1, 0.15) is 23.2 Å². The van der Waals surface area contributed by atoms with Crippen molar-refractivity contribution >= 4 is 35.6 Å². The molecule has 1 amide bonds. The van der Waals surface area contributed by atoms with Gasteiger partial charge in [0.2, 0.25) is 11.1 Å². The number of hydrogen-bond acceptors (Lipinski definition) is 6. The molecule has 0 aliphatic heterocycles. The number of amides is 1. The van der Waals surface area contributed by atoms with E-state index in [2.05, 4.69) is 25.6 Å². The van der Waals surface area contributed by atoms with Crippen LogP contribution in [0.4, 0.5) is 5.82 Å². The van der Waals surface area contributed by atoms with Gasteiger partial charge in [0.25, 0.3) is 0 Å². The summed E-state index contributed by atoms with van der Waals surface area (Å²) < 4.78 is 7.07. The molecule has 9 heteroatoms. The first kappa shape index (κ1) is 17.0. The van der Waals surface area contributed by atoms with E-state index in [-0.39, 0.29) is 11.7 Å². The highest BCUT2D eigenvalue weighted by atomic mass is 32.2. The third-order valence-corrected chi connectivity index (χ3v) is 4.10. The molecule has 0 unspecified atom stereocenters. The van der Waals surface area contributed by atoms with E-state index >= 15 is 0 Å². The van der Waals surface area contributed by atoms with E-state index < -0.39 is 0 Å². The van der Waals surface area contributed by atoms with E-state index in [0.717, 1.165) is 17.2 Å². The molecule has 3 rings (SSSR count). The van der Waals surface area contributed by atoms with E-state index in [1.54, 1.807) is 23.9 Å². The lowest BCUT2D eigenvalue weighted by molar-refractivity contribution is -0.113. The lowest BCUT2D eigenvalue weighted by Crippen LogP contribution is -2.16. The molecule has 0 aromatic carbocycles. The second-order valence-corrected chi connectivity index (χ2v) is 6.36. The van der Waals surface area contributed by atoms with Crippen LogP contribution in [0.5, 0.6) is 0 Å². The highest BCUT2D eigenvalue weighted by Crippen LogP contribution is 2.15. The summed E-state index contributed by atoms with van der Waals surface area (Å²) in [6.45, 7) is 3.76. The smallest absolute Gasteiger partial charge is 0.235 e. The third-order valence-electron chi connectivity index (χ3n) is 3.25. The predicted molar refractivity (Wildman–Crippen MR) is 96.1 cm³/mol. The molecule has 0 aliphatic carbocycles. The van der Waals surface area contributed by atoms with E-state index in [9.17, 15) is 4.79 Å². The largest absolute Gasteiger partial charge is 0.462 e.